The zero-order valence-corrected chi connectivity index (χ0v) is 12.0. The Bertz CT molecular complexity index is 309. The van der Waals surface area contributed by atoms with Crippen LogP contribution in [0, 0.1) is 11.8 Å². The predicted molar refractivity (Wildman–Crippen MR) is 67.8 cm³/mol. The van der Waals surface area contributed by atoms with Crippen molar-refractivity contribution < 1.29 is 17.9 Å². The van der Waals surface area contributed by atoms with Gasteiger partial charge in [0, 0.05) is 23.9 Å². The fraction of sp³-hybridized carbons (Fsp3) is 1.00. The molecule has 0 aromatic rings. The molecule has 0 aromatic heterocycles. The average Bonchev–Trinajstić information content (AvgIpc) is 2.24. The van der Waals surface area contributed by atoms with E-state index in [1.807, 2.05) is 13.8 Å². The fourth-order valence-corrected chi connectivity index (χ4v) is 3.27. The maximum Gasteiger partial charge on any atom is 0.232 e. The molecule has 0 saturated carbocycles. The minimum absolute atomic E-state index is 0.0184. The maximum absolute atomic E-state index is 11.1. The molecule has 0 radical (unpaired) electrons. The van der Waals surface area contributed by atoms with Crippen molar-refractivity contribution in [3.63, 3.8) is 0 Å². The Balaban J connectivity index is 2.38. The van der Waals surface area contributed by atoms with Crippen molar-refractivity contribution in [2.75, 3.05) is 25.6 Å². The minimum atomic E-state index is -3.45. The van der Waals surface area contributed by atoms with Crippen molar-refractivity contribution in [2.45, 2.75) is 32.8 Å². The first-order chi connectivity index (χ1) is 7.88. The molecule has 1 aliphatic rings. The summed E-state index contributed by atoms with van der Waals surface area (Å²) in [5, 5.41) is 0. The van der Waals surface area contributed by atoms with Crippen molar-refractivity contribution in [1.29, 1.82) is 0 Å². The molecule has 1 atom stereocenters. The Kier molecular flexibility index (Phi) is 6.20. The molecule has 1 aliphatic heterocycles. The summed E-state index contributed by atoms with van der Waals surface area (Å²) in [4.78, 5) is 0. The summed E-state index contributed by atoms with van der Waals surface area (Å²) in [5.41, 5.74) is 0. The van der Waals surface area contributed by atoms with Crippen LogP contribution in [0.5, 0.6) is 0 Å². The van der Waals surface area contributed by atoms with Gasteiger partial charge >= 0.3 is 0 Å². The number of halogens is 1. The fourth-order valence-electron chi connectivity index (χ4n) is 1.79. The molecule has 6 heteroatoms. The lowest BCUT2D eigenvalue weighted by molar-refractivity contribution is -0.0447. The second-order valence-corrected chi connectivity index (χ2v) is 7.68. The maximum atomic E-state index is 11.1. The second kappa shape index (κ2) is 6.92. The molecule has 102 valence electrons. The molecule has 0 bridgehead atoms. The van der Waals surface area contributed by atoms with Crippen LogP contribution in [0.15, 0.2) is 0 Å². The first-order valence-electron chi connectivity index (χ1n) is 6.00. The lowest BCUT2D eigenvalue weighted by Crippen LogP contribution is -2.29. The Morgan fingerprint density at radius 3 is 2.41 bits per heavy atom. The Morgan fingerprint density at radius 1 is 1.35 bits per heavy atom. The van der Waals surface area contributed by atoms with Crippen LogP contribution in [0.25, 0.3) is 0 Å². The summed E-state index contributed by atoms with van der Waals surface area (Å²) < 4.78 is 33.2. The van der Waals surface area contributed by atoms with Gasteiger partial charge in [0.25, 0.3) is 0 Å². The topological polar surface area (TPSA) is 52.6 Å². The van der Waals surface area contributed by atoms with Crippen LogP contribution >= 0.6 is 10.7 Å². The van der Waals surface area contributed by atoms with E-state index in [1.165, 1.54) is 0 Å². The van der Waals surface area contributed by atoms with Crippen LogP contribution in [-0.4, -0.2) is 40.1 Å². The van der Waals surface area contributed by atoms with Crippen LogP contribution in [-0.2, 0) is 18.5 Å². The second-order valence-electron chi connectivity index (χ2n) is 4.85. The van der Waals surface area contributed by atoms with E-state index >= 15 is 0 Å². The molecule has 1 rings (SSSR count). The highest BCUT2D eigenvalue weighted by molar-refractivity contribution is 8.13. The van der Waals surface area contributed by atoms with Gasteiger partial charge in [-0.2, -0.15) is 0 Å². The largest absolute Gasteiger partial charge is 0.381 e. The Labute approximate surface area is 108 Å². The summed E-state index contributed by atoms with van der Waals surface area (Å²) in [6.07, 6.45) is 1.97. The molecule has 17 heavy (non-hydrogen) atoms. The van der Waals surface area contributed by atoms with E-state index < -0.39 is 9.05 Å². The third-order valence-corrected chi connectivity index (χ3v) is 4.27. The lowest BCUT2D eigenvalue weighted by Gasteiger charge is -2.26. The van der Waals surface area contributed by atoms with E-state index in [2.05, 4.69) is 0 Å². The van der Waals surface area contributed by atoms with E-state index in [-0.39, 0.29) is 23.7 Å². The quantitative estimate of drug-likeness (QED) is 0.700. The van der Waals surface area contributed by atoms with Gasteiger partial charge < -0.3 is 9.47 Å². The van der Waals surface area contributed by atoms with Crippen molar-refractivity contribution in [3.8, 4) is 0 Å². The zero-order valence-electron chi connectivity index (χ0n) is 10.4. The predicted octanol–water partition coefficient (Wildman–Crippen LogP) is 2.02. The Morgan fingerprint density at radius 2 is 1.94 bits per heavy atom. The molecule has 0 aliphatic carbocycles. The molecule has 0 amide bonds. The summed E-state index contributed by atoms with van der Waals surface area (Å²) in [6.45, 7) is 5.88. The summed E-state index contributed by atoms with van der Waals surface area (Å²) in [5.74, 6) is 0.179. The highest BCUT2D eigenvalue weighted by Crippen LogP contribution is 2.19. The van der Waals surface area contributed by atoms with Crippen LogP contribution in [0.4, 0.5) is 0 Å². The summed E-state index contributed by atoms with van der Waals surface area (Å²) >= 11 is 0. The number of ether oxygens (including phenoxy) is 2. The van der Waals surface area contributed by atoms with Crippen molar-refractivity contribution >= 4 is 19.7 Å². The van der Waals surface area contributed by atoms with E-state index in [0.717, 1.165) is 26.1 Å². The number of hydrogen-bond acceptors (Lipinski definition) is 4. The van der Waals surface area contributed by atoms with Gasteiger partial charge in [0.05, 0.1) is 18.5 Å². The van der Waals surface area contributed by atoms with E-state index in [4.69, 9.17) is 20.2 Å². The Hall–Kier alpha value is 0.160. The van der Waals surface area contributed by atoms with Gasteiger partial charge in [-0.15, -0.1) is 0 Å². The molecule has 4 nitrogen and oxygen atoms in total. The highest BCUT2D eigenvalue weighted by Gasteiger charge is 2.23. The van der Waals surface area contributed by atoms with Gasteiger partial charge in [0.15, 0.2) is 0 Å². The van der Waals surface area contributed by atoms with Crippen LogP contribution in [0.1, 0.15) is 26.7 Å². The average molecular weight is 285 g/mol. The van der Waals surface area contributed by atoms with E-state index in [1.54, 1.807) is 0 Å². The van der Waals surface area contributed by atoms with Crippen molar-refractivity contribution in [1.82, 2.24) is 0 Å². The van der Waals surface area contributed by atoms with Crippen molar-refractivity contribution in [2.24, 2.45) is 11.8 Å². The molecule has 0 spiro atoms. The summed E-state index contributed by atoms with van der Waals surface area (Å²) in [6, 6.07) is 0. The van der Waals surface area contributed by atoms with E-state index in [0.29, 0.717) is 6.61 Å². The van der Waals surface area contributed by atoms with Gasteiger partial charge in [0.1, 0.15) is 0 Å². The first-order valence-corrected chi connectivity index (χ1v) is 8.48. The number of rotatable bonds is 6. The molecular weight excluding hydrogens is 264 g/mol. The highest BCUT2D eigenvalue weighted by atomic mass is 35.7. The van der Waals surface area contributed by atoms with Crippen LogP contribution < -0.4 is 0 Å². The number of hydrogen-bond donors (Lipinski definition) is 0. The van der Waals surface area contributed by atoms with Gasteiger partial charge in [-0.1, -0.05) is 13.8 Å². The smallest absolute Gasteiger partial charge is 0.232 e. The molecule has 1 saturated heterocycles. The monoisotopic (exact) mass is 284 g/mol. The minimum Gasteiger partial charge on any atom is -0.381 e. The molecular formula is C11H21ClO4S. The third kappa shape index (κ3) is 6.60. The lowest BCUT2D eigenvalue weighted by atomic mass is 9.99. The third-order valence-electron chi connectivity index (χ3n) is 3.07. The van der Waals surface area contributed by atoms with E-state index in [9.17, 15) is 8.42 Å². The SMILES string of the molecule is CC(C)C(COC1CCOCC1)CS(=O)(=O)Cl. The van der Waals surface area contributed by atoms with Gasteiger partial charge in [-0.3, -0.25) is 0 Å². The molecule has 1 fully saturated rings. The zero-order chi connectivity index (χ0) is 12.9. The summed E-state index contributed by atoms with van der Waals surface area (Å²) in [7, 11) is 1.84. The van der Waals surface area contributed by atoms with Crippen LogP contribution in [0.2, 0.25) is 0 Å². The van der Waals surface area contributed by atoms with Gasteiger partial charge in [-0.05, 0) is 24.7 Å². The van der Waals surface area contributed by atoms with Crippen LogP contribution in [0.3, 0.4) is 0 Å². The molecule has 1 heterocycles. The normalized spacial score (nSPS) is 20.7. The van der Waals surface area contributed by atoms with Gasteiger partial charge in [0.2, 0.25) is 9.05 Å². The molecule has 0 aromatic carbocycles. The standard InChI is InChI=1S/C11H21ClO4S/c1-9(2)10(8-17(12,13)14)7-16-11-3-5-15-6-4-11/h9-11H,3-8H2,1-2H3. The van der Waals surface area contributed by atoms with Crippen molar-refractivity contribution in [3.05, 3.63) is 0 Å². The molecule has 1 unspecified atom stereocenters. The first kappa shape index (κ1) is 15.2. The molecule has 0 N–H and O–H groups in total. The van der Waals surface area contributed by atoms with Gasteiger partial charge in [-0.25, -0.2) is 8.42 Å².